The van der Waals surface area contributed by atoms with Gasteiger partial charge in [0.05, 0.1) is 12.5 Å². The number of hydrogen-bond donors (Lipinski definition) is 1. The van der Waals surface area contributed by atoms with E-state index in [1.54, 1.807) is 0 Å². The number of piperidine rings is 1. The molecule has 3 aromatic rings. The van der Waals surface area contributed by atoms with E-state index in [1.165, 1.54) is 0 Å². The molecule has 1 aliphatic rings. The van der Waals surface area contributed by atoms with E-state index in [0.29, 0.717) is 29.8 Å². The van der Waals surface area contributed by atoms with E-state index in [0.717, 1.165) is 41.8 Å². The number of nitrogens with one attached hydrogen (secondary N) is 1. The minimum absolute atomic E-state index is 0.0611. The first-order valence-corrected chi connectivity index (χ1v) is 10.5. The van der Waals surface area contributed by atoms with E-state index in [-0.39, 0.29) is 11.8 Å². The third-order valence-electron chi connectivity index (χ3n) is 5.44. The zero-order chi connectivity index (χ0) is 21.1. The summed E-state index contributed by atoms with van der Waals surface area (Å²) in [4.78, 5) is 19.5. The van der Waals surface area contributed by atoms with Gasteiger partial charge in [0.15, 0.2) is 0 Å². The quantitative estimate of drug-likeness (QED) is 0.633. The molecule has 2 heterocycles. The van der Waals surface area contributed by atoms with Crippen LogP contribution in [0.15, 0.2) is 47.0 Å². The summed E-state index contributed by atoms with van der Waals surface area (Å²) in [5.74, 6) is 1.07. The van der Waals surface area contributed by atoms with Crippen LogP contribution in [0, 0.1) is 19.8 Å². The first-order chi connectivity index (χ1) is 14.5. The number of amides is 1. The topological polar surface area (TPSA) is 71.3 Å². The molecule has 0 saturated carbocycles. The normalized spacial score (nSPS) is 17.1. The molecule has 4 rings (SSSR count). The van der Waals surface area contributed by atoms with Gasteiger partial charge < -0.3 is 9.84 Å². The molecule has 30 heavy (non-hydrogen) atoms. The molecule has 1 aromatic heterocycles. The zero-order valence-corrected chi connectivity index (χ0v) is 17.9. The fourth-order valence-electron chi connectivity index (χ4n) is 3.77. The molecule has 1 aliphatic heterocycles. The first-order valence-electron chi connectivity index (χ1n) is 10.2. The van der Waals surface area contributed by atoms with Crippen molar-refractivity contribution in [1.29, 1.82) is 0 Å². The molecule has 1 atom stereocenters. The van der Waals surface area contributed by atoms with E-state index in [4.69, 9.17) is 16.1 Å². The summed E-state index contributed by atoms with van der Waals surface area (Å²) in [6.45, 7) is 6.14. The van der Waals surface area contributed by atoms with Crippen LogP contribution in [-0.4, -0.2) is 34.0 Å². The van der Waals surface area contributed by atoms with Gasteiger partial charge in [0, 0.05) is 22.8 Å². The van der Waals surface area contributed by atoms with Crippen molar-refractivity contribution in [2.75, 3.05) is 18.4 Å². The summed E-state index contributed by atoms with van der Waals surface area (Å²) in [5.41, 5.74) is 3.91. The summed E-state index contributed by atoms with van der Waals surface area (Å²) in [7, 11) is 0. The number of anilines is 1. The fourth-order valence-corrected chi connectivity index (χ4v) is 3.96. The van der Waals surface area contributed by atoms with Crippen molar-refractivity contribution in [2.24, 2.45) is 5.92 Å². The van der Waals surface area contributed by atoms with E-state index in [2.05, 4.69) is 26.4 Å². The summed E-state index contributed by atoms with van der Waals surface area (Å²) in [6, 6.07) is 13.5. The third kappa shape index (κ3) is 4.89. The monoisotopic (exact) mass is 424 g/mol. The maximum absolute atomic E-state index is 12.8. The number of nitrogens with zero attached hydrogens (tertiary/aromatic N) is 3. The number of hydrogen-bond acceptors (Lipinski definition) is 5. The van der Waals surface area contributed by atoms with Crippen LogP contribution in [0.3, 0.4) is 0 Å². The smallest absolute Gasteiger partial charge is 0.241 e. The van der Waals surface area contributed by atoms with E-state index < -0.39 is 0 Å². The Bertz CT molecular complexity index is 1050. The molecule has 1 saturated heterocycles. The maximum atomic E-state index is 12.8. The Hall–Kier alpha value is -2.70. The van der Waals surface area contributed by atoms with Gasteiger partial charge in [-0.3, -0.25) is 9.69 Å². The molecule has 1 amide bonds. The van der Waals surface area contributed by atoms with Crippen molar-refractivity contribution in [1.82, 2.24) is 15.0 Å². The zero-order valence-electron chi connectivity index (χ0n) is 17.2. The summed E-state index contributed by atoms with van der Waals surface area (Å²) in [5, 5.41) is 7.81. The van der Waals surface area contributed by atoms with Gasteiger partial charge in [-0.2, -0.15) is 4.98 Å². The number of benzene rings is 2. The second-order valence-corrected chi connectivity index (χ2v) is 8.34. The van der Waals surface area contributed by atoms with Crippen LogP contribution in [0.5, 0.6) is 0 Å². The summed E-state index contributed by atoms with van der Waals surface area (Å²) >= 11 is 6.05. The van der Waals surface area contributed by atoms with Gasteiger partial charge in [-0.15, -0.1) is 0 Å². The van der Waals surface area contributed by atoms with E-state index in [1.807, 2.05) is 50.2 Å². The van der Waals surface area contributed by atoms with Crippen LogP contribution in [0.4, 0.5) is 5.69 Å². The molecule has 0 spiro atoms. The molecule has 1 fully saturated rings. The van der Waals surface area contributed by atoms with Crippen molar-refractivity contribution in [3.05, 3.63) is 64.5 Å². The largest absolute Gasteiger partial charge is 0.338 e. The summed E-state index contributed by atoms with van der Waals surface area (Å²) < 4.78 is 5.44. The van der Waals surface area contributed by atoms with Crippen LogP contribution >= 0.6 is 11.6 Å². The lowest BCUT2D eigenvalue weighted by molar-refractivity contribution is -0.121. The lowest BCUT2D eigenvalue weighted by Gasteiger charge is -2.31. The minimum Gasteiger partial charge on any atom is -0.338 e. The molecule has 1 N–H and O–H groups in total. The Morgan fingerprint density at radius 2 is 2.13 bits per heavy atom. The number of carbonyl (C=O) groups excluding carboxylic acids is 1. The lowest BCUT2D eigenvalue weighted by Crippen LogP contribution is -2.40. The number of carbonyl (C=O) groups is 1. The number of aromatic nitrogens is 2. The third-order valence-corrected chi connectivity index (χ3v) is 5.67. The molecule has 1 unspecified atom stereocenters. The number of halogens is 1. The standard InChI is InChI=1S/C23H25ClN4O2/c1-15-8-9-16(2)20(11-15)25-23(29)18-6-4-10-28(13-18)14-21-26-22(27-30-21)17-5-3-7-19(24)12-17/h3,5,7-9,11-12,18H,4,6,10,13-14H2,1-2H3,(H,25,29). The number of aryl methyl sites for hydroxylation is 2. The van der Waals surface area contributed by atoms with Gasteiger partial charge in [0.1, 0.15) is 0 Å². The van der Waals surface area contributed by atoms with E-state index >= 15 is 0 Å². The van der Waals surface area contributed by atoms with Crippen LogP contribution < -0.4 is 5.32 Å². The molecule has 0 bridgehead atoms. The highest BCUT2D eigenvalue weighted by atomic mass is 35.5. The lowest BCUT2D eigenvalue weighted by atomic mass is 9.96. The van der Waals surface area contributed by atoms with Crippen molar-refractivity contribution in [3.8, 4) is 11.4 Å². The SMILES string of the molecule is Cc1ccc(C)c(NC(=O)C2CCCN(Cc3nc(-c4cccc(Cl)c4)no3)C2)c1. The van der Waals surface area contributed by atoms with Gasteiger partial charge in [-0.25, -0.2) is 0 Å². The Balaban J connectivity index is 1.38. The second kappa shape index (κ2) is 8.98. The number of likely N-dealkylation sites (tertiary alicyclic amines) is 1. The predicted octanol–water partition coefficient (Wildman–Crippen LogP) is 4.86. The molecular weight excluding hydrogens is 400 g/mol. The van der Waals surface area contributed by atoms with Crippen LogP contribution in [0.2, 0.25) is 5.02 Å². The molecule has 2 aromatic carbocycles. The Morgan fingerprint density at radius 3 is 2.97 bits per heavy atom. The van der Waals surface area contributed by atoms with Gasteiger partial charge in [-0.1, -0.05) is 41.0 Å². The predicted molar refractivity (Wildman–Crippen MR) is 117 cm³/mol. The molecular formula is C23H25ClN4O2. The minimum atomic E-state index is -0.0611. The number of rotatable bonds is 5. The van der Waals surface area contributed by atoms with Gasteiger partial charge in [0.25, 0.3) is 0 Å². The Labute approximate surface area is 181 Å². The highest BCUT2D eigenvalue weighted by Crippen LogP contribution is 2.24. The van der Waals surface area contributed by atoms with Crippen LogP contribution in [0.1, 0.15) is 29.9 Å². The highest BCUT2D eigenvalue weighted by molar-refractivity contribution is 6.30. The van der Waals surface area contributed by atoms with Crippen LogP contribution in [0.25, 0.3) is 11.4 Å². The van der Waals surface area contributed by atoms with Crippen molar-refractivity contribution in [2.45, 2.75) is 33.2 Å². The molecule has 0 aliphatic carbocycles. The average Bonchev–Trinajstić information content (AvgIpc) is 3.19. The van der Waals surface area contributed by atoms with Crippen LogP contribution in [-0.2, 0) is 11.3 Å². The average molecular weight is 425 g/mol. The Morgan fingerprint density at radius 1 is 1.27 bits per heavy atom. The van der Waals surface area contributed by atoms with Crippen molar-refractivity contribution >= 4 is 23.2 Å². The van der Waals surface area contributed by atoms with Gasteiger partial charge in [0.2, 0.25) is 17.6 Å². The van der Waals surface area contributed by atoms with Gasteiger partial charge >= 0.3 is 0 Å². The summed E-state index contributed by atoms with van der Waals surface area (Å²) in [6.07, 6.45) is 1.84. The van der Waals surface area contributed by atoms with Gasteiger partial charge in [-0.05, 0) is 62.6 Å². The fraction of sp³-hybridized carbons (Fsp3) is 0.348. The Kier molecular flexibility index (Phi) is 6.16. The highest BCUT2D eigenvalue weighted by Gasteiger charge is 2.27. The second-order valence-electron chi connectivity index (χ2n) is 7.90. The molecule has 6 nitrogen and oxygen atoms in total. The van der Waals surface area contributed by atoms with Crippen molar-refractivity contribution in [3.63, 3.8) is 0 Å². The first kappa shape index (κ1) is 20.6. The maximum Gasteiger partial charge on any atom is 0.241 e. The van der Waals surface area contributed by atoms with Crippen molar-refractivity contribution < 1.29 is 9.32 Å². The van der Waals surface area contributed by atoms with E-state index in [9.17, 15) is 4.79 Å². The molecule has 7 heteroatoms. The molecule has 156 valence electrons. The molecule has 0 radical (unpaired) electrons.